The van der Waals surface area contributed by atoms with Gasteiger partial charge in [-0.15, -0.1) is 11.8 Å². The number of hydrogen-bond acceptors (Lipinski definition) is 3. The lowest BCUT2D eigenvalue weighted by Crippen LogP contribution is -2.15. The quantitative estimate of drug-likeness (QED) is 0.332. The van der Waals surface area contributed by atoms with E-state index >= 15 is 0 Å². The second-order valence-electron chi connectivity index (χ2n) is 7.32. The van der Waals surface area contributed by atoms with Crippen molar-refractivity contribution in [2.45, 2.75) is 17.7 Å². The van der Waals surface area contributed by atoms with Crippen LogP contribution in [0.1, 0.15) is 22.3 Å². The molecule has 3 aromatic carbocycles. The van der Waals surface area contributed by atoms with E-state index in [4.69, 9.17) is 9.84 Å². The second kappa shape index (κ2) is 11.1. The van der Waals surface area contributed by atoms with Gasteiger partial charge in [0.15, 0.2) is 13.3 Å². The first-order valence-corrected chi connectivity index (χ1v) is 11.2. The van der Waals surface area contributed by atoms with Crippen LogP contribution in [-0.4, -0.2) is 30.1 Å². The number of carbonyl (C=O) groups is 1. The molecule has 172 valence electrons. The Morgan fingerprint density at radius 3 is 2.42 bits per heavy atom. The highest BCUT2D eigenvalue weighted by atomic mass is 32.2. The largest absolute Gasteiger partial charge is 0.482 e. The van der Waals surface area contributed by atoms with Crippen LogP contribution < -0.4 is 4.74 Å². The third-order valence-electron chi connectivity index (χ3n) is 4.88. The van der Waals surface area contributed by atoms with E-state index in [2.05, 4.69) is 0 Å². The normalized spacial score (nSPS) is 11.9. The van der Waals surface area contributed by atoms with Gasteiger partial charge in [0.1, 0.15) is 5.75 Å². The monoisotopic (exact) mass is 472 g/mol. The average molecular weight is 473 g/mol. The molecule has 0 fully saturated rings. The number of thioether (sulfide) groups is 1. The predicted molar refractivity (Wildman–Crippen MR) is 125 cm³/mol. The minimum Gasteiger partial charge on any atom is -0.482 e. The number of carboxylic acid groups (broad SMARTS) is 1. The van der Waals surface area contributed by atoms with Crippen LogP contribution in [0.15, 0.2) is 83.8 Å². The molecular formula is C26H23F3O3S. The summed E-state index contributed by atoms with van der Waals surface area (Å²) >= 11 is 1.54. The Morgan fingerprint density at radius 1 is 1.03 bits per heavy atom. The molecule has 3 aromatic rings. The van der Waals surface area contributed by atoms with Crippen LogP contribution in [0.25, 0.3) is 5.57 Å². The van der Waals surface area contributed by atoms with E-state index in [1.807, 2.05) is 55.5 Å². The van der Waals surface area contributed by atoms with E-state index in [0.717, 1.165) is 21.6 Å². The van der Waals surface area contributed by atoms with Crippen molar-refractivity contribution < 1.29 is 27.8 Å². The van der Waals surface area contributed by atoms with Gasteiger partial charge in [-0.1, -0.05) is 54.6 Å². The molecule has 0 unspecified atom stereocenters. The number of hydrogen-bond donors (Lipinski definition) is 1. The number of carboxylic acids is 1. The number of halogens is 3. The molecule has 0 radical (unpaired) electrons. The zero-order valence-electron chi connectivity index (χ0n) is 17.9. The summed E-state index contributed by atoms with van der Waals surface area (Å²) < 4.78 is 46.0. The lowest BCUT2D eigenvalue weighted by atomic mass is 9.95. The molecule has 0 aliphatic carbocycles. The number of aryl methyl sites for hydroxylation is 1. The van der Waals surface area contributed by atoms with Crippen molar-refractivity contribution in [2.24, 2.45) is 0 Å². The fourth-order valence-electron chi connectivity index (χ4n) is 3.25. The molecule has 0 aliphatic heterocycles. The summed E-state index contributed by atoms with van der Waals surface area (Å²) in [4.78, 5) is 11.6. The SMILES string of the molecule is Cc1cc(SC/C=C(/c2ccccc2)c2cccc(C(F)(F)CF)c2)ccc1OCC(=O)O. The molecule has 0 atom stereocenters. The Bertz CT molecular complexity index is 1130. The Morgan fingerprint density at radius 2 is 1.76 bits per heavy atom. The maximum atomic E-state index is 13.9. The Hall–Kier alpha value is -3.19. The molecule has 0 bridgehead atoms. The average Bonchev–Trinajstić information content (AvgIpc) is 2.82. The third kappa shape index (κ3) is 6.65. The smallest absolute Gasteiger partial charge is 0.341 e. The predicted octanol–water partition coefficient (Wildman–Crippen LogP) is 6.74. The van der Waals surface area contributed by atoms with Crippen LogP contribution >= 0.6 is 11.8 Å². The highest BCUT2D eigenvalue weighted by molar-refractivity contribution is 7.99. The lowest BCUT2D eigenvalue weighted by molar-refractivity contribution is -0.139. The molecule has 0 saturated heterocycles. The molecule has 0 amide bonds. The lowest BCUT2D eigenvalue weighted by Gasteiger charge is -2.15. The number of alkyl halides is 3. The number of rotatable bonds is 10. The number of aliphatic carboxylic acids is 1. The minimum absolute atomic E-state index is 0.357. The van der Waals surface area contributed by atoms with Crippen molar-refractivity contribution in [2.75, 3.05) is 19.0 Å². The van der Waals surface area contributed by atoms with Gasteiger partial charge in [-0.05, 0) is 53.5 Å². The fraction of sp³-hybridized carbons (Fsp3) is 0.192. The van der Waals surface area contributed by atoms with Gasteiger partial charge in [-0.25, -0.2) is 9.18 Å². The first-order chi connectivity index (χ1) is 15.8. The highest BCUT2D eigenvalue weighted by Gasteiger charge is 2.31. The fourth-order valence-corrected chi connectivity index (χ4v) is 4.11. The summed E-state index contributed by atoms with van der Waals surface area (Å²) in [5, 5.41) is 8.76. The van der Waals surface area contributed by atoms with E-state index in [1.54, 1.807) is 23.9 Å². The van der Waals surface area contributed by atoms with Gasteiger partial charge in [0, 0.05) is 16.2 Å². The molecule has 0 heterocycles. The zero-order chi connectivity index (χ0) is 23.8. The molecule has 3 nitrogen and oxygen atoms in total. The zero-order valence-corrected chi connectivity index (χ0v) is 18.7. The molecule has 0 aromatic heterocycles. The van der Waals surface area contributed by atoms with Gasteiger partial charge in [-0.3, -0.25) is 0 Å². The van der Waals surface area contributed by atoms with E-state index in [0.29, 0.717) is 17.1 Å². The van der Waals surface area contributed by atoms with E-state index < -0.39 is 25.2 Å². The van der Waals surface area contributed by atoms with Crippen molar-refractivity contribution in [1.82, 2.24) is 0 Å². The summed E-state index contributed by atoms with van der Waals surface area (Å²) in [6.45, 7) is -0.317. The van der Waals surface area contributed by atoms with Crippen molar-refractivity contribution >= 4 is 23.3 Å². The molecular weight excluding hydrogens is 449 g/mol. The van der Waals surface area contributed by atoms with Crippen LogP contribution in [0.5, 0.6) is 5.75 Å². The van der Waals surface area contributed by atoms with Crippen molar-refractivity contribution in [3.63, 3.8) is 0 Å². The van der Waals surface area contributed by atoms with Crippen molar-refractivity contribution in [3.05, 3.63) is 101 Å². The van der Waals surface area contributed by atoms with E-state index in [9.17, 15) is 18.0 Å². The van der Waals surface area contributed by atoms with E-state index in [-0.39, 0.29) is 5.56 Å². The third-order valence-corrected chi connectivity index (χ3v) is 5.80. The maximum absolute atomic E-state index is 13.9. The van der Waals surface area contributed by atoms with E-state index in [1.165, 1.54) is 18.2 Å². The van der Waals surface area contributed by atoms with Crippen LogP contribution in [0, 0.1) is 6.92 Å². The maximum Gasteiger partial charge on any atom is 0.341 e. The summed E-state index contributed by atoms with van der Waals surface area (Å²) in [5.41, 5.74) is 2.69. The standard InChI is InChI=1S/C26H23F3O3S/c1-18-14-22(10-11-24(18)32-16-25(30)31)33-13-12-23(19-6-3-2-4-7-19)20-8-5-9-21(15-20)26(28,29)17-27/h2-12,14-15H,13,16-17H2,1H3,(H,30,31)/b23-12-. The Balaban J connectivity index is 1.83. The van der Waals surface area contributed by atoms with Gasteiger partial charge in [0.25, 0.3) is 0 Å². The molecule has 0 spiro atoms. The van der Waals surface area contributed by atoms with Gasteiger partial charge in [0.2, 0.25) is 0 Å². The molecule has 7 heteroatoms. The summed E-state index contributed by atoms with van der Waals surface area (Å²) in [7, 11) is 0. The topological polar surface area (TPSA) is 46.5 Å². The van der Waals surface area contributed by atoms with Crippen molar-refractivity contribution in [1.29, 1.82) is 0 Å². The Kier molecular flexibility index (Phi) is 8.22. The second-order valence-corrected chi connectivity index (χ2v) is 8.42. The minimum atomic E-state index is -3.53. The van der Waals surface area contributed by atoms with Gasteiger partial charge < -0.3 is 9.84 Å². The highest BCUT2D eigenvalue weighted by Crippen LogP contribution is 2.33. The molecule has 33 heavy (non-hydrogen) atoms. The van der Waals surface area contributed by atoms with Gasteiger partial charge >= 0.3 is 11.9 Å². The first kappa shape index (κ1) is 24.5. The van der Waals surface area contributed by atoms with Crippen LogP contribution in [-0.2, 0) is 10.7 Å². The summed E-state index contributed by atoms with van der Waals surface area (Å²) in [6, 6.07) is 20.7. The molecule has 0 aliphatic rings. The number of benzene rings is 3. The van der Waals surface area contributed by atoms with Crippen LogP contribution in [0.3, 0.4) is 0 Å². The number of ether oxygens (including phenoxy) is 1. The molecule has 3 rings (SSSR count). The van der Waals surface area contributed by atoms with Gasteiger partial charge in [-0.2, -0.15) is 8.78 Å². The summed E-state index contributed by atoms with van der Waals surface area (Å²) in [5.74, 6) is -3.51. The first-order valence-electron chi connectivity index (χ1n) is 10.2. The van der Waals surface area contributed by atoms with Crippen LogP contribution in [0.4, 0.5) is 13.2 Å². The van der Waals surface area contributed by atoms with Crippen LogP contribution in [0.2, 0.25) is 0 Å². The van der Waals surface area contributed by atoms with Crippen molar-refractivity contribution in [3.8, 4) is 5.75 Å². The molecule has 0 saturated carbocycles. The summed E-state index contributed by atoms with van der Waals surface area (Å²) in [6.07, 6.45) is 1.96. The Labute approximate surface area is 194 Å². The van der Waals surface area contributed by atoms with Gasteiger partial charge in [0.05, 0.1) is 0 Å². The molecule has 1 N–H and O–H groups in total.